The van der Waals surface area contributed by atoms with Crippen LogP contribution in [0.2, 0.25) is 0 Å². The number of amides is 1. The molecule has 0 saturated heterocycles. The quantitative estimate of drug-likeness (QED) is 0.297. The number of nitrogens with zero attached hydrogens (tertiary/aromatic N) is 1. The molecule has 3 aromatic rings. The lowest BCUT2D eigenvalue weighted by atomic mass is 10.0. The van der Waals surface area contributed by atoms with Crippen molar-refractivity contribution in [1.29, 1.82) is 0 Å². The van der Waals surface area contributed by atoms with Gasteiger partial charge in [-0.15, -0.1) is 0 Å². The molecule has 6 nitrogen and oxygen atoms in total. The maximum atomic E-state index is 12.9. The zero-order chi connectivity index (χ0) is 19.9. The lowest BCUT2D eigenvalue weighted by Crippen LogP contribution is -2.21. The van der Waals surface area contributed by atoms with Crippen LogP contribution in [0.3, 0.4) is 0 Å². The highest BCUT2D eigenvalue weighted by Crippen LogP contribution is 2.20. The summed E-state index contributed by atoms with van der Waals surface area (Å²) in [5.41, 5.74) is 1.22. The number of rotatable bonds is 6. The second-order valence-corrected chi connectivity index (χ2v) is 5.91. The molecule has 28 heavy (non-hydrogen) atoms. The Kier molecular flexibility index (Phi) is 5.81. The van der Waals surface area contributed by atoms with Gasteiger partial charge in [0.2, 0.25) is 0 Å². The van der Waals surface area contributed by atoms with Crippen molar-refractivity contribution in [1.82, 2.24) is 4.98 Å². The molecule has 0 unspecified atom stereocenters. The number of phenols is 1. The number of hydrogen-bond acceptors (Lipinski definition) is 5. The van der Waals surface area contributed by atoms with Crippen LogP contribution in [0.15, 0.2) is 78.6 Å². The first kappa shape index (κ1) is 18.8. The number of anilines is 1. The molecule has 0 saturated carbocycles. The molecule has 6 heteroatoms. The first-order valence-corrected chi connectivity index (χ1v) is 8.47. The average Bonchev–Trinajstić information content (AvgIpc) is 2.72. The van der Waals surface area contributed by atoms with Gasteiger partial charge in [0.1, 0.15) is 11.5 Å². The molecule has 2 aromatic carbocycles. The lowest BCUT2D eigenvalue weighted by Gasteiger charge is -2.10. The van der Waals surface area contributed by atoms with E-state index in [0.29, 0.717) is 17.0 Å². The summed E-state index contributed by atoms with van der Waals surface area (Å²) in [6.07, 6.45) is 4.38. The highest BCUT2D eigenvalue weighted by atomic mass is 16.5. The third-order valence-electron chi connectivity index (χ3n) is 3.92. The van der Waals surface area contributed by atoms with Gasteiger partial charge in [-0.2, -0.15) is 0 Å². The number of ether oxygens (including phenoxy) is 1. The van der Waals surface area contributed by atoms with Gasteiger partial charge >= 0.3 is 0 Å². The maximum Gasteiger partial charge on any atom is 0.259 e. The molecule has 1 heterocycles. The van der Waals surface area contributed by atoms with Gasteiger partial charge in [0, 0.05) is 29.7 Å². The van der Waals surface area contributed by atoms with Crippen LogP contribution in [-0.4, -0.2) is 28.9 Å². The first-order valence-electron chi connectivity index (χ1n) is 8.47. The Morgan fingerprint density at radius 3 is 2.61 bits per heavy atom. The minimum absolute atomic E-state index is 0.0372. The number of carbonyl (C=O) groups is 2. The predicted octanol–water partition coefficient (Wildman–Crippen LogP) is 3.70. The van der Waals surface area contributed by atoms with E-state index in [4.69, 9.17) is 4.74 Å². The Hall–Kier alpha value is -3.93. The summed E-state index contributed by atoms with van der Waals surface area (Å²) in [7, 11) is 1.53. The molecule has 1 amide bonds. The number of methoxy groups -OCH3 is 1. The van der Waals surface area contributed by atoms with E-state index in [1.54, 1.807) is 54.7 Å². The summed E-state index contributed by atoms with van der Waals surface area (Å²) < 4.78 is 5.15. The number of ketones is 1. The lowest BCUT2D eigenvalue weighted by molar-refractivity contribution is -0.112. The fourth-order valence-electron chi connectivity index (χ4n) is 2.57. The molecule has 0 fully saturated rings. The van der Waals surface area contributed by atoms with Gasteiger partial charge in [0.05, 0.1) is 12.7 Å². The Morgan fingerprint density at radius 2 is 1.89 bits per heavy atom. The number of carbonyl (C=O) groups excluding carboxylic acids is 2. The van der Waals surface area contributed by atoms with Crippen LogP contribution < -0.4 is 10.1 Å². The van der Waals surface area contributed by atoms with Gasteiger partial charge < -0.3 is 15.2 Å². The summed E-state index contributed by atoms with van der Waals surface area (Å²) in [5.74, 6) is -0.438. The number of hydrogen-bond donors (Lipinski definition) is 2. The van der Waals surface area contributed by atoms with Crippen LogP contribution in [-0.2, 0) is 4.79 Å². The van der Waals surface area contributed by atoms with Gasteiger partial charge in [-0.05, 0) is 48.0 Å². The number of nitrogens with one attached hydrogen (secondary N) is 1. The molecule has 140 valence electrons. The summed E-state index contributed by atoms with van der Waals surface area (Å²) >= 11 is 0. The topological polar surface area (TPSA) is 88.5 Å². The number of aromatic hydroxyl groups is 1. The highest BCUT2D eigenvalue weighted by molar-refractivity contribution is 6.31. The highest BCUT2D eigenvalue weighted by Gasteiger charge is 2.20. The summed E-state index contributed by atoms with van der Waals surface area (Å²) in [5, 5.41) is 12.4. The average molecular weight is 374 g/mol. The molecule has 0 aliphatic heterocycles. The number of aromatic nitrogens is 1. The Balaban J connectivity index is 1.97. The molecule has 1 aromatic heterocycles. The van der Waals surface area contributed by atoms with Crippen LogP contribution in [0.4, 0.5) is 5.69 Å². The van der Waals surface area contributed by atoms with Crippen LogP contribution in [0.5, 0.6) is 11.5 Å². The zero-order valence-corrected chi connectivity index (χ0v) is 15.1. The summed E-state index contributed by atoms with van der Waals surface area (Å²) in [4.78, 5) is 29.8. The molecule has 3 rings (SSSR count). The number of phenolic OH excluding ortho intramolecular Hbond substituents is 1. The SMILES string of the molecule is COc1cccc(NC(=O)/C(=C/c2cccc(O)c2)C(=O)c2cccnc2)c1. The normalized spacial score (nSPS) is 11.0. The van der Waals surface area contributed by atoms with E-state index in [-0.39, 0.29) is 16.9 Å². The van der Waals surface area contributed by atoms with Crippen molar-refractivity contribution >= 4 is 23.5 Å². The molecule has 0 aliphatic carbocycles. The third-order valence-corrected chi connectivity index (χ3v) is 3.92. The van der Waals surface area contributed by atoms with Crippen LogP contribution >= 0.6 is 0 Å². The van der Waals surface area contributed by atoms with Crippen molar-refractivity contribution in [3.63, 3.8) is 0 Å². The van der Waals surface area contributed by atoms with E-state index >= 15 is 0 Å². The summed E-state index contributed by atoms with van der Waals surface area (Å²) in [6, 6.07) is 16.3. The predicted molar refractivity (Wildman–Crippen MR) is 106 cm³/mol. The van der Waals surface area contributed by atoms with Crippen molar-refractivity contribution in [2.24, 2.45) is 0 Å². The van der Waals surface area contributed by atoms with E-state index in [0.717, 1.165) is 0 Å². The fourth-order valence-corrected chi connectivity index (χ4v) is 2.57. The molecule has 0 aliphatic rings. The van der Waals surface area contributed by atoms with Crippen LogP contribution in [0, 0.1) is 0 Å². The molecular formula is C22H18N2O4. The number of benzene rings is 2. The second kappa shape index (κ2) is 8.64. The number of Topliss-reactive ketones (excluding diaryl/α,β-unsaturated/α-hetero) is 1. The molecular weight excluding hydrogens is 356 g/mol. The van der Waals surface area contributed by atoms with Crippen molar-refractivity contribution in [2.75, 3.05) is 12.4 Å². The van der Waals surface area contributed by atoms with E-state index in [2.05, 4.69) is 10.3 Å². The minimum Gasteiger partial charge on any atom is -0.508 e. The van der Waals surface area contributed by atoms with E-state index in [1.165, 1.54) is 31.5 Å². The van der Waals surface area contributed by atoms with E-state index in [1.807, 2.05) is 0 Å². The molecule has 0 spiro atoms. The fraction of sp³-hybridized carbons (Fsp3) is 0.0455. The van der Waals surface area contributed by atoms with Crippen molar-refractivity contribution in [3.8, 4) is 11.5 Å². The van der Waals surface area contributed by atoms with Crippen molar-refractivity contribution in [3.05, 3.63) is 89.8 Å². The van der Waals surface area contributed by atoms with Gasteiger partial charge in [-0.3, -0.25) is 14.6 Å². The maximum absolute atomic E-state index is 12.9. The monoisotopic (exact) mass is 374 g/mol. The van der Waals surface area contributed by atoms with Gasteiger partial charge in [-0.1, -0.05) is 18.2 Å². The van der Waals surface area contributed by atoms with Crippen LogP contribution in [0.25, 0.3) is 6.08 Å². The summed E-state index contributed by atoms with van der Waals surface area (Å²) in [6.45, 7) is 0. The molecule has 0 radical (unpaired) electrons. The van der Waals surface area contributed by atoms with Gasteiger partial charge in [0.25, 0.3) is 5.91 Å². The largest absolute Gasteiger partial charge is 0.508 e. The van der Waals surface area contributed by atoms with Gasteiger partial charge in [0.15, 0.2) is 5.78 Å². The Morgan fingerprint density at radius 1 is 1.07 bits per heavy atom. The van der Waals surface area contributed by atoms with E-state index in [9.17, 15) is 14.7 Å². The Labute approximate surface area is 162 Å². The first-order chi connectivity index (χ1) is 13.6. The van der Waals surface area contributed by atoms with Crippen molar-refractivity contribution < 1.29 is 19.4 Å². The second-order valence-electron chi connectivity index (χ2n) is 5.91. The number of pyridine rings is 1. The molecule has 0 bridgehead atoms. The smallest absolute Gasteiger partial charge is 0.259 e. The van der Waals surface area contributed by atoms with Crippen molar-refractivity contribution in [2.45, 2.75) is 0 Å². The molecule has 0 atom stereocenters. The van der Waals surface area contributed by atoms with Gasteiger partial charge in [-0.25, -0.2) is 0 Å². The van der Waals surface area contributed by atoms with E-state index < -0.39 is 11.7 Å². The standard InChI is InChI=1S/C22H18N2O4/c1-28-19-9-3-7-17(13-19)24-22(27)20(12-15-5-2-8-18(25)11-15)21(26)16-6-4-10-23-14-16/h2-14,25H,1H3,(H,24,27)/b20-12+. The van der Waals surface area contributed by atoms with Crippen LogP contribution in [0.1, 0.15) is 15.9 Å². The Bertz CT molecular complexity index is 1030. The zero-order valence-electron chi connectivity index (χ0n) is 15.1. The molecule has 2 N–H and O–H groups in total. The minimum atomic E-state index is -0.578. The third kappa shape index (κ3) is 4.62.